The summed E-state index contributed by atoms with van der Waals surface area (Å²) in [5.41, 5.74) is 1.17. The van der Waals surface area contributed by atoms with Crippen molar-refractivity contribution < 1.29 is 14.6 Å². The molecule has 2 rings (SSSR count). The third kappa shape index (κ3) is 8.21. The van der Waals surface area contributed by atoms with Crippen LogP contribution in [0.2, 0.25) is 5.02 Å². The fourth-order valence-corrected chi connectivity index (χ4v) is 2.90. The van der Waals surface area contributed by atoms with Crippen molar-refractivity contribution in [1.29, 1.82) is 0 Å². The van der Waals surface area contributed by atoms with Gasteiger partial charge in [0.25, 0.3) is 0 Å². The highest BCUT2D eigenvalue weighted by Crippen LogP contribution is 2.17. The Morgan fingerprint density at radius 2 is 1.81 bits per heavy atom. The van der Waals surface area contributed by atoms with Crippen molar-refractivity contribution in [3.63, 3.8) is 0 Å². The number of ether oxygens (including phenoxy) is 2. The van der Waals surface area contributed by atoms with Crippen molar-refractivity contribution in [1.82, 2.24) is 4.90 Å². The monoisotopic (exact) mass is 391 g/mol. The highest BCUT2D eigenvalue weighted by molar-refractivity contribution is 6.30. The molecule has 2 aromatic rings. The molecule has 0 spiro atoms. The molecule has 2 aromatic carbocycles. The van der Waals surface area contributed by atoms with E-state index < -0.39 is 6.10 Å². The van der Waals surface area contributed by atoms with E-state index in [9.17, 15) is 5.11 Å². The fourth-order valence-electron chi connectivity index (χ4n) is 2.78. The van der Waals surface area contributed by atoms with Crippen LogP contribution in [0.15, 0.2) is 48.5 Å². The topological polar surface area (TPSA) is 41.9 Å². The van der Waals surface area contributed by atoms with Crippen molar-refractivity contribution in [2.24, 2.45) is 5.92 Å². The number of methoxy groups -OCH3 is 1. The molecule has 0 heterocycles. The minimum Gasteiger partial charge on any atom is -0.497 e. The van der Waals surface area contributed by atoms with E-state index in [1.54, 1.807) is 19.2 Å². The lowest BCUT2D eigenvalue weighted by atomic mass is 10.1. The Morgan fingerprint density at radius 3 is 2.48 bits per heavy atom. The third-order valence-corrected chi connectivity index (χ3v) is 4.54. The summed E-state index contributed by atoms with van der Waals surface area (Å²) in [6, 6.07) is 15.2. The first-order valence-corrected chi connectivity index (χ1v) is 9.75. The number of halogens is 1. The summed E-state index contributed by atoms with van der Waals surface area (Å²) in [7, 11) is 1.67. The lowest BCUT2D eigenvalue weighted by molar-refractivity contribution is 0.0639. The van der Waals surface area contributed by atoms with Crippen LogP contribution in [0.4, 0.5) is 0 Å². The maximum atomic E-state index is 10.5. The number of hydrogen-bond donors (Lipinski definition) is 1. The van der Waals surface area contributed by atoms with E-state index in [-0.39, 0.29) is 6.61 Å². The van der Waals surface area contributed by atoms with Gasteiger partial charge >= 0.3 is 0 Å². The molecule has 0 aliphatic heterocycles. The number of aliphatic hydroxyl groups excluding tert-OH is 1. The number of benzene rings is 2. The molecule has 0 radical (unpaired) electrons. The van der Waals surface area contributed by atoms with Crippen molar-refractivity contribution in [2.45, 2.75) is 32.9 Å². The molecule has 0 saturated carbocycles. The van der Waals surface area contributed by atoms with E-state index in [1.165, 1.54) is 5.56 Å². The Morgan fingerprint density at radius 1 is 1.07 bits per heavy atom. The van der Waals surface area contributed by atoms with Gasteiger partial charge in [0.1, 0.15) is 24.2 Å². The largest absolute Gasteiger partial charge is 0.497 e. The van der Waals surface area contributed by atoms with Gasteiger partial charge in [-0.1, -0.05) is 37.6 Å². The maximum Gasteiger partial charge on any atom is 0.119 e. The lowest BCUT2D eigenvalue weighted by Gasteiger charge is -2.26. The van der Waals surface area contributed by atoms with Crippen LogP contribution in [0, 0.1) is 5.92 Å². The Hall–Kier alpha value is -1.75. The van der Waals surface area contributed by atoms with Crippen LogP contribution in [-0.2, 0) is 6.54 Å². The summed E-state index contributed by atoms with van der Waals surface area (Å²) in [6.45, 7) is 6.91. The molecule has 0 aliphatic carbocycles. The van der Waals surface area contributed by atoms with Crippen LogP contribution < -0.4 is 9.47 Å². The van der Waals surface area contributed by atoms with Crippen LogP contribution >= 0.6 is 11.6 Å². The molecule has 148 valence electrons. The van der Waals surface area contributed by atoms with Crippen LogP contribution in [0.1, 0.15) is 25.8 Å². The molecule has 1 N–H and O–H groups in total. The van der Waals surface area contributed by atoms with Crippen LogP contribution in [-0.4, -0.2) is 42.9 Å². The van der Waals surface area contributed by atoms with Gasteiger partial charge < -0.3 is 14.6 Å². The summed E-state index contributed by atoms with van der Waals surface area (Å²) in [6.07, 6.45) is 0.507. The fraction of sp³-hybridized carbons (Fsp3) is 0.455. The van der Waals surface area contributed by atoms with Crippen LogP contribution in [0.25, 0.3) is 0 Å². The molecule has 0 aliphatic rings. The summed E-state index contributed by atoms with van der Waals surface area (Å²) in [5, 5.41) is 11.1. The summed E-state index contributed by atoms with van der Waals surface area (Å²) < 4.78 is 11.0. The van der Waals surface area contributed by atoms with Gasteiger partial charge in [-0.05, 0) is 60.8 Å². The lowest BCUT2D eigenvalue weighted by Crippen LogP contribution is -2.36. The van der Waals surface area contributed by atoms with E-state index >= 15 is 0 Å². The normalized spacial score (nSPS) is 12.4. The predicted octanol–water partition coefficient (Wildman–Crippen LogP) is 4.64. The quantitative estimate of drug-likeness (QED) is 0.606. The second kappa shape index (κ2) is 11.2. The minimum absolute atomic E-state index is 0.248. The first-order valence-electron chi connectivity index (χ1n) is 9.38. The van der Waals surface area contributed by atoms with E-state index in [2.05, 4.69) is 24.8 Å². The van der Waals surface area contributed by atoms with Crippen molar-refractivity contribution in [3.8, 4) is 11.5 Å². The molecule has 0 amide bonds. The number of nitrogens with zero attached hydrogens (tertiary/aromatic N) is 1. The summed E-state index contributed by atoms with van der Waals surface area (Å²) >= 11 is 5.88. The van der Waals surface area contributed by atoms with E-state index in [0.29, 0.717) is 23.2 Å². The molecule has 0 unspecified atom stereocenters. The molecular weight excluding hydrogens is 362 g/mol. The second-order valence-corrected chi connectivity index (χ2v) is 7.62. The predicted molar refractivity (Wildman–Crippen MR) is 111 cm³/mol. The molecule has 27 heavy (non-hydrogen) atoms. The molecule has 5 heteroatoms. The highest BCUT2D eigenvalue weighted by atomic mass is 35.5. The minimum atomic E-state index is -0.571. The van der Waals surface area contributed by atoms with Gasteiger partial charge in [-0.25, -0.2) is 0 Å². The number of hydrogen-bond acceptors (Lipinski definition) is 4. The second-order valence-electron chi connectivity index (χ2n) is 7.19. The van der Waals surface area contributed by atoms with E-state index in [4.69, 9.17) is 21.1 Å². The number of aliphatic hydroxyl groups is 1. The first-order chi connectivity index (χ1) is 13.0. The Kier molecular flexibility index (Phi) is 8.92. The highest BCUT2D eigenvalue weighted by Gasteiger charge is 2.14. The van der Waals surface area contributed by atoms with Crippen molar-refractivity contribution >= 4 is 11.6 Å². The molecule has 0 saturated heterocycles. The van der Waals surface area contributed by atoms with Crippen molar-refractivity contribution in [3.05, 3.63) is 59.1 Å². The average molecular weight is 392 g/mol. The Bertz CT molecular complexity index is 676. The van der Waals surface area contributed by atoms with Gasteiger partial charge in [-0.2, -0.15) is 0 Å². The standard InChI is InChI=1S/C22H30ClNO3/c1-17(2)11-12-24(14-18-5-4-6-22(13-18)26-3)15-20(25)16-27-21-9-7-19(23)8-10-21/h4-10,13,17,20,25H,11-12,14-16H2,1-3H3/t20-/m1/s1. The van der Waals surface area contributed by atoms with Crippen LogP contribution in [0.5, 0.6) is 11.5 Å². The first kappa shape index (κ1) is 21.5. The van der Waals surface area contributed by atoms with Gasteiger partial charge in [0.15, 0.2) is 0 Å². The average Bonchev–Trinajstić information content (AvgIpc) is 2.66. The smallest absolute Gasteiger partial charge is 0.119 e. The van der Waals surface area contributed by atoms with Gasteiger partial charge in [-0.3, -0.25) is 4.90 Å². The third-order valence-electron chi connectivity index (χ3n) is 4.29. The number of rotatable bonds is 11. The molecule has 0 aromatic heterocycles. The molecule has 0 fully saturated rings. The summed E-state index contributed by atoms with van der Waals surface area (Å²) in [5.74, 6) is 2.17. The van der Waals surface area contributed by atoms with Gasteiger partial charge in [0.2, 0.25) is 0 Å². The summed E-state index contributed by atoms with van der Waals surface area (Å²) in [4.78, 5) is 2.27. The SMILES string of the molecule is COc1cccc(CN(CCC(C)C)C[C@@H](O)COc2ccc(Cl)cc2)c1. The van der Waals surface area contributed by atoms with Gasteiger partial charge in [0.05, 0.1) is 7.11 Å². The van der Waals surface area contributed by atoms with Crippen LogP contribution in [0.3, 0.4) is 0 Å². The maximum absolute atomic E-state index is 10.5. The van der Waals surface area contributed by atoms with E-state index in [0.717, 1.165) is 25.3 Å². The zero-order valence-corrected chi connectivity index (χ0v) is 17.2. The molecular formula is C22H30ClNO3. The molecule has 4 nitrogen and oxygen atoms in total. The molecule has 1 atom stereocenters. The van der Waals surface area contributed by atoms with E-state index in [1.807, 2.05) is 30.3 Å². The molecule has 0 bridgehead atoms. The van der Waals surface area contributed by atoms with Gasteiger partial charge in [0, 0.05) is 18.1 Å². The van der Waals surface area contributed by atoms with Gasteiger partial charge in [-0.15, -0.1) is 0 Å². The Balaban J connectivity index is 1.92. The van der Waals surface area contributed by atoms with Crippen molar-refractivity contribution in [2.75, 3.05) is 26.8 Å². The zero-order valence-electron chi connectivity index (χ0n) is 16.4. The zero-order chi connectivity index (χ0) is 19.6. The Labute approximate surface area is 167 Å².